The molecule has 0 aliphatic rings. The minimum absolute atomic E-state index is 0.0534. The van der Waals surface area contributed by atoms with Crippen molar-refractivity contribution in [2.75, 3.05) is 12.3 Å². The number of carbonyl (C=O) groups is 2. The van der Waals surface area contributed by atoms with Gasteiger partial charge in [-0.05, 0) is 35.2 Å². The lowest BCUT2D eigenvalue weighted by molar-refractivity contribution is -0.139. The summed E-state index contributed by atoms with van der Waals surface area (Å²) < 4.78 is 14.2. The summed E-state index contributed by atoms with van der Waals surface area (Å²) >= 11 is 13.9. The molecule has 0 bridgehead atoms. The molecule has 0 radical (unpaired) electrons. The molecule has 0 aromatic heterocycles. The van der Waals surface area contributed by atoms with Crippen LogP contribution < -0.4 is 5.32 Å². The number of rotatable bonds is 12. The second-order valence-electron chi connectivity index (χ2n) is 9.15. The van der Waals surface area contributed by atoms with Gasteiger partial charge in [0.1, 0.15) is 11.9 Å². The number of nitrogens with one attached hydrogen (secondary N) is 1. The van der Waals surface area contributed by atoms with E-state index in [1.807, 2.05) is 62.4 Å². The van der Waals surface area contributed by atoms with Gasteiger partial charge in [0.2, 0.25) is 11.8 Å². The molecule has 0 saturated carbocycles. The van der Waals surface area contributed by atoms with Crippen molar-refractivity contribution in [1.29, 1.82) is 0 Å². The zero-order valence-corrected chi connectivity index (χ0v) is 23.3. The molecule has 37 heavy (non-hydrogen) atoms. The molecular formula is C29H31Cl2FN2O2S. The van der Waals surface area contributed by atoms with E-state index in [9.17, 15) is 14.0 Å². The predicted molar refractivity (Wildman–Crippen MR) is 151 cm³/mol. The first kappa shape index (κ1) is 29.0. The minimum Gasteiger partial charge on any atom is -0.354 e. The Morgan fingerprint density at radius 2 is 1.62 bits per heavy atom. The van der Waals surface area contributed by atoms with Gasteiger partial charge in [0.05, 0.1) is 5.75 Å². The molecule has 8 heteroatoms. The molecule has 1 N–H and O–H groups in total. The Kier molecular flexibility index (Phi) is 11.3. The number of amides is 2. The molecule has 0 heterocycles. The van der Waals surface area contributed by atoms with E-state index in [0.717, 1.165) is 11.1 Å². The molecule has 0 saturated heterocycles. The molecule has 3 aromatic rings. The summed E-state index contributed by atoms with van der Waals surface area (Å²) in [5.74, 6) is -0.318. The van der Waals surface area contributed by atoms with Crippen molar-refractivity contribution < 1.29 is 14.0 Å². The standard InChI is InChI=1S/C29H31Cl2FN2O2S/c1-20(2)16-33-29(36)27(15-21-9-4-3-5-10-21)34(17-22-11-6-7-12-24(22)30)28(35)19-37-18-23-25(31)13-8-14-26(23)32/h3-14,20,27H,15-19H2,1-2H3,(H,33,36)/t27-/m1/s1. The van der Waals surface area contributed by atoms with E-state index in [2.05, 4.69) is 5.32 Å². The third-order valence-electron chi connectivity index (χ3n) is 5.79. The summed E-state index contributed by atoms with van der Waals surface area (Å²) in [7, 11) is 0. The van der Waals surface area contributed by atoms with Crippen molar-refractivity contribution in [2.45, 2.75) is 38.6 Å². The molecule has 0 unspecified atom stereocenters. The second kappa shape index (κ2) is 14.4. The quantitative estimate of drug-likeness (QED) is 0.265. The highest BCUT2D eigenvalue weighted by Crippen LogP contribution is 2.25. The molecule has 3 rings (SSSR count). The molecule has 0 spiro atoms. The smallest absolute Gasteiger partial charge is 0.243 e. The fourth-order valence-electron chi connectivity index (χ4n) is 3.78. The highest BCUT2D eigenvalue weighted by molar-refractivity contribution is 7.99. The molecule has 1 atom stereocenters. The Labute approximate surface area is 232 Å². The van der Waals surface area contributed by atoms with E-state index in [4.69, 9.17) is 23.2 Å². The van der Waals surface area contributed by atoms with Gasteiger partial charge in [-0.3, -0.25) is 9.59 Å². The third-order valence-corrected chi connectivity index (χ3v) is 7.45. The molecular weight excluding hydrogens is 530 g/mol. The number of halogens is 3. The summed E-state index contributed by atoms with van der Waals surface area (Å²) in [6, 6.07) is 20.7. The lowest BCUT2D eigenvalue weighted by Crippen LogP contribution is -2.51. The van der Waals surface area contributed by atoms with Crippen molar-refractivity contribution in [1.82, 2.24) is 10.2 Å². The van der Waals surface area contributed by atoms with Gasteiger partial charge < -0.3 is 10.2 Å². The Morgan fingerprint density at radius 1 is 0.946 bits per heavy atom. The second-order valence-corrected chi connectivity index (χ2v) is 11.0. The monoisotopic (exact) mass is 560 g/mol. The molecule has 0 aliphatic heterocycles. The van der Waals surface area contributed by atoms with Gasteiger partial charge in [0, 0.05) is 40.9 Å². The van der Waals surface area contributed by atoms with Crippen LogP contribution in [0.15, 0.2) is 72.8 Å². The zero-order chi connectivity index (χ0) is 26.8. The maximum atomic E-state index is 14.2. The molecule has 0 aliphatic carbocycles. The summed E-state index contributed by atoms with van der Waals surface area (Å²) in [5, 5.41) is 3.84. The lowest BCUT2D eigenvalue weighted by atomic mass is 10.0. The summed E-state index contributed by atoms with van der Waals surface area (Å²) in [6.07, 6.45) is 0.352. The number of hydrogen-bond acceptors (Lipinski definition) is 3. The number of benzene rings is 3. The highest BCUT2D eigenvalue weighted by Gasteiger charge is 2.30. The Hall–Kier alpha value is -2.54. The summed E-state index contributed by atoms with van der Waals surface area (Å²) in [6.45, 7) is 4.71. The fraction of sp³-hybridized carbons (Fsp3) is 0.310. The van der Waals surface area contributed by atoms with Crippen molar-refractivity contribution >= 4 is 46.8 Å². The van der Waals surface area contributed by atoms with E-state index in [-0.39, 0.29) is 35.8 Å². The molecule has 3 aromatic carbocycles. The van der Waals surface area contributed by atoms with E-state index in [1.54, 1.807) is 23.1 Å². The topological polar surface area (TPSA) is 49.4 Å². The predicted octanol–water partition coefficient (Wildman–Crippen LogP) is 6.78. The lowest BCUT2D eigenvalue weighted by Gasteiger charge is -2.32. The van der Waals surface area contributed by atoms with Gasteiger partial charge in [-0.25, -0.2) is 4.39 Å². The van der Waals surface area contributed by atoms with Crippen LogP contribution in [0.4, 0.5) is 4.39 Å². The van der Waals surface area contributed by atoms with Gasteiger partial charge in [0.25, 0.3) is 0 Å². The van der Waals surface area contributed by atoms with Crippen LogP contribution in [-0.4, -0.2) is 35.1 Å². The van der Waals surface area contributed by atoms with Gasteiger partial charge in [0.15, 0.2) is 0 Å². The van der Waals surface area contributed by atoms with Crippen LogP contribution >= 0.6 is 35.0 Å². The van der Waals surface area contributed by atoms with Gasteiger partial charge in [-0.2, -0.15) is 0 Å². The van der Waals surface area contributed by atoms with Crippen LogP contribution in [-0.2, 0) is 28.3 Å². The molecule has 2 amide bonds. The largest absolute Gasteiger partial charge is 0.354 e. The van der Waals surface area contributed by atoms with Crippen LogP contribution in [0.25, 0.3) is 0 Å². The Bertz CT molecular complexity index is 1170. The number of hydrogen-bond donors (Lipinski definition) is 1. The van der Waals surface area contributed by atoms with Crippen LogP contribution in [0, 0.1) is 11.7 Å². The van der Waals surface area contributed by atoms with E-state index >= 15 is 0 Å². The maximum Gasteiger partial charge on any atom is 0.243 e. The van der Waals surface area contributed by atoms with Crippen LogP contribution in [0.5, 0.6) is 0 Å². The molecule has 4 nitrogen and oxygen atoms in total. The van der Waals surface area contributed by atoms with Gasteiger partial charge in [-0.15, -0.1) is 11.8 Å². The van der Waals surface area contributed by atoms with Crippen molar-refractivity contribution in [3.05, 3.63) is 105 Å². The number of thioether (sulfide) groups is 1. The number of nitrogens with zero attached hydrogens (tertiary/aromatic N) is 1. The first-order valence-electron chi connectivity index (χ1n) is 12.1. The van der Waals surface area contributed by atoms with Crippen molar-refractivity contribution in [2.24, 2.45) is 5.92 Å². The fourth-order valence-corrected chi connectivity index (χ4v) is 5.22. The first-order valence-corrected chi connectivity index (χ1v) is 14.0. The van der Waals surface area contributed by atoms with Crippen LogP contribution in [0.2, 0.25) is 10.0 Å². The zero-order valence-electron chi connectivity index (χ0n) is 20.9. The normalized spacial score (nSPS) is 11.8. The maximum absolute atomic E-state index is 14.2. The van der Waals surface area contributed by atoms with Crippen molar-refractivity contribution in [3.8, 4) is 0 Å². The average Bonchev–Trinajstić information content (AvgIpc) is 2.88. The first-order chi connectivity index (χ1) is 17.8. The van der Waals surface area contributed by atoms with Gasteiger partial charge >= 0.3 is 0 Å². The molecule has 0 fully saturated rings. The highest BCUT2D eigenvalue weighted by atomic mass is 35.5. The van der Waals surface area contributed by atoms with E-state index < -0.39 is 11.9 Å². The van der Waals surface area contributed by atoms with E-state index in [1.165, 1.54) is 17.8 Å². The van der Waals surface area contributed by atoms with Gasteiger partial charge in [-0.1, -0.05) is 91.6 Å². The van der Waals surface area contributed by atoms with E-state index in [0.29, 0.717) is 28.6 Å². The molecule has 196 valence electrons. The third kappa shape index (κ3) is 8.77. The van der Waals surface area contributed by atoms with Crippen molar-refractivity contribution in [3.63, 3.8) is 0 Å². The SMILES string of the molecule is CC(C)CNC(=O)[C@@H](Cc1ccccc1)N(Cc1ccccc1Cl)C(=O)CSCc1c(F)cccc1Cl. The van der Waals surface area contributed by atoms with Crippen LogP contribution in [0.3, 0.4) is 0 Å². The average molecular weight is 562 g/mol. The summed E-state index contributed by atoms with van der Waals surface area (Å²) in [5.41, 5.74) is 2.04. The number of carbonyl (C=O) groups excluding carboxylic acids is 2. The Balaban J connectivity index is 1.87. The minimum atomic E-state index is -0.748. The summed E-state index contributed by atoms with van der Waals surface area (Å²) in [4.78, 5) is 28.7. The van der Waals surface area contributed by atoms with Crippen LogP contribution in [0.1, 0.15) is 30.5 Å². The Morgan fingerprint density at radius 3 is 2.30 bits per heavy atom.